The van der Waals surface area contributed by atoms with Crippen LogP contribution in [0.25, 0.3) is 0 Å². The third-order valence-corrected chi connectivity index (χ3v) is 3.85. The normalized spacial score (nSPS) is 10.4. The molecule has 2 aromatic carbocycles. The van der Waals surface area contributed by atoms with Gasteiger partial charge in [0.15, 0.2) is 0 Å². The van der Waals surface area contributed by atoms with Crippen molar-refractivity contribution < 1.29 is 4.79 Å². The zero-order chi connectivity index (χ0) is 15.2. The lowest BCUT2D eigenvalue weighted by molar-refractivity contribution is -0.116. The largest absolute Gasteiger partial charge is 0.326 e. The van der Waals surface area contributed by atoms with Crippen molar-refractivity contribution in [3.63, 3.8) is 0 Å². The Hall–Kier alpha value is -1.80. The van der Waals surface area contributed by atoms with Crippen LogP contribution in [0.5, 0.6) is 0 Å². The van der Waals surface area contributed by atoms with Crippen LogP contribution in [0, 0.1) is 13.8 Å². The number of anilines is 1. The minimum Gasteiger partial charge on any atom is -0.326 e. The lowest BCUT2D eigenvalue weighted by atomic mass is 10.1. The maximum Gasteiger partial charge on any atom is 0.224 e. The van der Waals surface area contributed by atoms with Crippen molar-refractivity contribution in [1.29, 1.82) is 0 Å². The average Bonchev–Trinajstić information content (AvgIpc) is 2.45. The number of rotatable bonds is 5. The molecule has 1 amide bonds. The summed E-state index contributed by atoms with van der Waals surface area (Å²) >= 11 is 6.04. The Balaban J connectivity index is 1.79. The van der Waals surface area contributed by atoms with Crippen molar-refractivity contribution in [3.8, 4) is 0 Å². The van der Waals surface area contributed by atoms with Gasteiger partial charge in [0.25, 0.3) is 0 Å². The molecule has 0 saturated carbocycles. The second-order valence-corrected chi connectivity index (χ2v) is 5.76. The molecule has 0 radical (unpaired) electrons. The smallest absolute Gasteiger partial charge is 0.224 e. The van der Waals surface area contributed by atoms with E-state index in [1.54, 1.807) is 6.07 Å². The van der Waals surface area contributed by atoms with E-state index in [0.717, 1.165) is 24.1 Å². The second-order valence-electron chi connectivity index (χ2n) is 5.35. The third kappa shape index (κ3) is 4.91. The molecule has 21 heavy (non-hydrogen) atoms. The van der Waals surface area contributed by atoms with E-state index < -0.39 is 0 Å². The van der Waals surface area contributed by atoms with E-state index in [2.05, 4.69) is 36.5 Å². The second kappa shape index (κ2) is 7.28. The van der Waals surface area contributed by atoms with Crippen LogP contribution in [0.1, 0.15) is 29.5 Å². The van der Waals surface area contributed by atoms with E-state index in [-0.39, 0.29) is 5.91 Å². The van der Waals surface area contributed by atoms with E-state index in [9.17, 15) is 4.79 Å². The summed E-state index contributed by atoms with van der Waals surface area (Å²) in [5.41, 5.74) is 4.29. The quantitative estimate of drug-likeness (QED) is 0.834. The highest BCUT2D eigenvalue weighted by Gasteiger charge is 2.04. The van der Waals surface area contributed by atoms with Crippen molar-refractivity contribution in [3.05, 3.63) is 64.2 Å². The Morgan fingerprint density at radius 3 is 2.48 bits per heavy atom. The van der Waals surface area contributed by atoms with Crippen LogP contribution in [0.2, 0.25) is 5.02 Å². The SMILES string of the molecule is Cc1ccc(CCCC(=O)Nc2ccc(C)c(Cl)c2)cc1. The highest BCUT2D eigenvalue weighted by atomic mass is 35.5. The number of carbonyl (C=O) groups excluding carboxylic acids is 1. The molecular weight excluding hydrogens is 282 g/mol. The highest BCUT2D eigenvalue weighted by Crippen LogP contribution is 2.20. The number of aryl methyl sites for hydroxylation is 3. The lowest BCUT2D eigenvalue weighted by Gasteiger charge is -2.07. The first-order valence-corrected chi connectivity index (χ1v) is 7.54. The van der Waals surface area contributed by atoms with Gasteiger partial charge in [-0.3, -0.25) is 4.79 Å². The monoisotopic (exact) mass is 301 g/mol. The Morgan fingerprint density at radius 1 is 1.10 bits per heavy atom. The number of halogens is 1. The maximum atomic E-state index is 11.9. The van der Waals surface area contributed by atoms with Crippen LogP contribution in [-0.2, 0) is 11.2 Å². The van der Waals surface area contributed by atoms with Gasteiger partial charge in [-0.25, -0.2) is 0 Å². The molecule has 0 atom stereocenters. The Morgan fingerprint density at radius 2 is 1.81 bits per heavy atom. The molecule has 0 spiro atoms. The zero-order valence-electron chi connectivity index (χ0n) is 12.4. The van der Waals surface area contributed by atoms with Crippen molar-refractivity contribution >= 4 is 23.2 Å². The molecule has 0 heterocycles. The summed E-state index contributed by atoms with van der Waals surface area (Å²) in [5, 5.41) is 3.56. The Kier molecular flexibility index (Phi) is 5.40. The van der Waals surface area contributed by atoms with Crippen LogP contribution < -0.4 is 5.32 Å². The summed E-state index contributed by atoms with van der Waals surface area (Å²) in [4.78, 5) is 11.9. The van der Waals surface area contributed by atoms with Gasteiger partial charge in [-0.2, -0.15) is 0 Å². The van der Waals surface area contributed by atoms with Crippen molar-refractivity contribution in [2.75, 3.05) is 5.32 Å². The summed E-state index contributed by atoms with van der Waals surface area (Å²) < 4.78 is 0. The van der Waals surface area contributed by atoms with Crippen molar-refractivity contribution in [2.24, 2.45) is 0 Å². The molecule has 2 rings (SSSR count). The molecule has 0 saturated heterocycles. The van der Waals surface area contributed by atoms with Gasteiger partial charge in [-0.15, -0.1) is 0 Å². The molecule has 1 N–H and O–H groups in total. The van der Waals surface area contributed by atoms with Gasteiger partial charge >= 0.3 is 0 Å². The van der Waals surface area contributed by atoms with Crippen molar-refractivity contribution in [1.82, 2.24) is 0 Å². The van der Waals surface area contributed by atoms with Gasteiger partial charge in [0.2, 0.25) is 5.91 Å². The summed E-state index contributed by atoms with van der Waals surface area (Å²) in [5.74, 6) is 0.0297. The lowest BCUT2D eigenvalue weighted by Crippen LogP contribution is -2.11. The summed E-state index contributed by atoms with van der Waals surface area (Å²) in [6.07, 6.45) is 2.27. The highest BCUT2D eigenvalue weighted by molar-refractivity contribution is 6.31. The predicted octanol–water partition coefficient (Wildman–Crippen LogP) is 4.92. The first kappa shape index (κ1) is 15.6. The molecule has 2 aromatic rings. The molecule has 3 heteroatoms. The number of nitrogens with one attached hydrogen (secondary N) is 1. The van der Waals surface area contributed by atoms with Gasteiger partial charge in [-0.1, -0.05) is 47.5 Å². The average molecular weight is 302 g/mol. The van der Waals surface area contributed by atoms with E-state index in [4.69, 9.17) is 11.6 Å². The number of carbonyl (C=O) groups is 1. The van der Waals surface area contributed by atoms with Gasteiger partial charge in [0.1, 0.15) is 0 Å². The molecule has 0 unspecified atom stereocenters. The number of benzene rings is 2. The number of hydrogen-bond donors (Lipinski definition) is 1. The molecule has 0 bridgehead atoms. The van der Waals surface area contributed by atoms with Gasteiger partial charge in [0, 0.05) is 17.1 Å². The van der Waals surface area contributed by atoms with E-state index in [0.29, 0.717) is 11.4 Å². The fraction of sp³-hybridized carbons (Fsp3) is 0.278. The minimum absolute atomic E-state index is 0.0297. The predicted molar refractivity (Wildman–Crippen MR) is 88.9 cm³/mol. The summed E-state index contributed by atoms with van der Waals surface area (Å²) in [7, 11) is 0. The maximum absolute atomic E-state index is 11.9. The number of hydrogen-bond acceptors (Lipinski definition) is 1. The number of amides is 1. The van der Waals surface area contributed by atoms with Crippen LogP contribution in [0.15, 0.2) is 42.5 Å². The van der Waals surface area contributed by atoms with E-state index in [1.807, 2.05) is 19.1 Å². The van der Waals surface area contributed by atoms with Gasteiger partial charge < -0.3 is 5.32 Å². The molecule has 0 fully saturated rings. The molecule has 2 nitrogen and oxygen atoms in total. The van der Waals surface area contributed by atoms with Crippen LogP contribution in [-0.4, -0.2) is 5.91 Å². The van der Waals surface area contributed by atoms with Gasteiger partial charge in [0.05, 0.1) is 0 Å². The van der Waals surface area contributed by atoms with E-state index in [1.165, 1.54) is 11.1 Å². The molecule has 0 aliphatic carbocycles. The van der Waals surface area contributed by atoms with Crippen LogP contribution in [0.3, 0.4) is 0 Å². The zero-order valence-corrected chi connectivity index (χ0v) is 13.2. The van der Waals surface area contributed by atoms with E-state index >= 15 is 0 Å². The van der Waals surface area contributed by atoms with Gasteiger partial charge in [-0.05, 0) is 49.9 Å². The molecule has 0 aromatic heterocycles. The standard InChI is InChI=1S/C18H20ClNO/c1-13-6-9-15(10-7-13)4-3-5-18(21)20-16-11-8-14(2)17(19)12-16/h6-12H,3-5H2,1-2H3,(H,20,21). The minimum atomic E-state index is 0.0297. The van der Waals surface area contributed by atoms with Crippen molar-refractivity contribution in [2.45, 2.75) is 33.1 Å². The molecular formula is C18H20ClNO. The van der Waals surface area contributed by atoms with Crippen LogP contribution >= 0.6 is 11.6 Å². The summed E-state index contributed by atoms with van der Waals surface area (Å²) in [6, 6.07) is 14.0. The Labute approximate surface area is 131 Å². The summed E-state index contributed by atoms with van der Waals surface area (Å²) in [6.45, 7) is 4.01. The molecule has 0 aliphatic rings. The topological polar surface area (TPSA) is 29.1 Å². The first-order chi connectivity index (χ1) is 10.0. The molecule has 0 aliphatic heterocycles. The fourth-order valence-corrected chi connectivity index (χ4v) is 2.28. The Bertz CT molecular complexity index is 620. The third-order valence-electron chi connectivity index (χ3n) is 3.45. The fourth-order valence-electron chi connectivity index (χ4n) is 2.10. The van der Waals surface area contributed by atoms with Crippen LogP contribution in [0.4, 0.5) is 5.69 Å². The molecule has 110 valence electrons. The first-order valence-electron chi connectivity index (χ1n) is 7.16.